The molecule has 1 saturated heterocycles. The Kier molecular flexibility index (Phi) is 5.52. The zero-order chi connectivity index (χ0) is 12.6. The molecule has 2 fully saturated rings. The summed E-state index contributed by atoms with van der Waals surface area (Å²) in [7, 11) is 0. The topological polar surface area (TPSA) is 50.4 Å². The average Bonchev–Trinajstić information content (AvgIpc) is 2.91. The van der Waals surface area contributed by atoms with Crippen molar-refractivity contribution < 1.29 is 9.53 Å². The zero-order valence-electron chi connectivity index (χ0n) is 11.0. The van der Waals surface area contributed by atoms with Crippen molar-refractivity contribution in [2.45, 2.75) is 51.0 Å². The van der Waals surface area contributed by atoms with Crippen LogP contribution in [-0.4, -0.2) is 25.3 Å². The van der Waals surface area contributed by atoms with Crippen LogP contribution in [0.3, 0.4) is 0 Å². The van der Waals surface area contributed by atoms with Crippen molar-refractivity contribution in [1.29, 1.82) is 0 Å². The highest BCUT2D eigenvalue weighted by Gasteiger charge is 2.15. The van der Waals surface area contributed by atoms with Crippen LogP contribution >= 0.6 is 0 Å². The van der Waals surface area contributed by atoms with Gasteiger partial charge in [0.25, 0.3) is 0 Å². The Bertz CT molecular complexity index is 280. The summed E-state index contributed by atoms with van der Waals surface area (Å²) >= 11 is 0. The van der Waals surface area contributed by atoms with E-state index in [4.69, 9.17) is 4.74 Å². The second-order valence-electron chi connectivity index (χ2n) is 5.25. The molecule has 18 heavy (non-hydrogen) atoms. The third-order valence-electron chi connectivity index (χ3n) is 3.75. The minimum Gasteiger partial charge on any atom is -0.376 e. The van der Waals surface area contributed by atoms with Gasteiger partial charge in [-0.05, 0) is 31.6 Å². The highest BCUT2D eigenvalue weighted by Crippen LogP contribution is 2.24. The van der Waals surface area contributed by atoms with E-state index in [1.807, 2.05) is 0 Å². The number of hydrogen-bond donors (Lipinski definition) is 2. The van der Waals surface area contributed by atoms with Crippen LogP contribution < -0.4 is 10.6 Å². The Labute approximate surface area is 109 Å². The SMILES string of the molecule is O=C(N/C=C/C1CCCCC1)NCC1CCCO1. The van der Waals surface area contributed by atoms with Gasteiger partial charge in [0.1, 0.15) is 0 Å². The summed E-state index contributed by atoms with van der Waals surface area (Å²) in [4.78, 5) is 11.5. The van der Waals surface area contributed by atoms with Crippen LogP contribution in [0.1, 0.15) is 44.9 Å². The molecular weight excluding hydrogens is 228 g/mol. The first-order valence-corrected chi connectivity index (χ1v) is 7.17. The van der Waals surface area contributed by atoms with E-state index in [0.29, 0.717) is 12.5 Å². The predicted molar refractivity (Wildman–Crippen MR) is 71.2 cm³/mol. The molecule has 2 amide bonds. The quantitative estimate of drug-likeness (QED) is 0.808. The molecule has 2 aliphatic rings. The molecule has 2 N–H and O–H groups in total. The van der Waals surface area contributed by atoms with Crippen molar-refractivity contribution in [2.75, 3.05) is 13.2 Å². The molecular formula is C14H24N2O2. The predicted octanol–water partition coefficient (Wildman–Crippen LogP) is 2.56. The van der Waals surface area contributed by atoms with E-state index in [-0.39, 0.29) is 12.1 Å². The number of amides is 2. The molecule has 1 heterocycles. The minimum atomic E-state index is -0.127. The molecule has 102 valence electrons. The van der Waals surface area contributed by atoms with E-state index < -0.39 is 0 Å². The van der Waals surface area contributed by atoms with Crippen molar-refractivity contribution in [3.63, 3.8) is 0 Å². The van der Waals surface area contributed by atoms with Gasteiger partial charge in [0.05, 0.1) is 6.10 Å². The summed E-state index contributed by atoms with van der Waals surface area (Å²) in [5, 5.41) is 5.60. The van der Waals surface area contributed by atoms with Crippen LogP contribution in [0.25, 0.3) is 0 Å². The van der Waals surface area contributed by atoms with Crippen LogP contribution in [0.15, 0.2) is 12.3 Å². The van der Waals surface area contributed by atoms with Gasteiger partial charge < -0.3 is 15.4 Å². The maximum Gasteiger partial charge on any atom is 0.318 e. The number of hydrogen-bond acceptors (Lipinski definition) is 2. The van der Waals surface area contributed by atoms with E-state index in [2.05, 4.69) is 16.7 Å². The molecule has 1 aliphatic carbocycles. The van der Waals surface area contributed by atoms with E-state index in [9.17, 15) is 4.79 Å². The van der Waals surface area contributed by atoms with E-state index in [0.717, 1.165) is 19.4 Å². The molecule has 0 aromatic heterocycles. The Morgan fingerprint density at radius 2 is 2.00 bits per heavy atom. The summed E-state index contributed by atoms with van der Waals surface area (Å²) < 4.78 is 5.44. The van der Waals surface area contributed by atoms with Gasteiger partial charge >= 0.3 is 6.03 Å². The lowest BCUT2D eigenvalue weighted by Gasteiger charge is -2.17. The summed E-state index contributed by atoms with van der Waals surface area (Å²) in [5.74, 6) is 0.650. The average molecular weight is 252 g/mol. The fourth-order valence-corrected chi connectivity index (χ4v) is 2.65. The molecule has 0 radical (unpaired) electrons. The first-order valence-electron chi connectivity index (χ1n) is 7.17. The molecule has 0 aromatic rings. The number of urea groups is 1. The highest BCUT2D eigenvalue weighted by molar-refractivity contribution is 5.74. The fraction of sp³-hybridized carbons (Fsp3) is 0.786. The Hall–Kier alpha value is -1.03. The van der Waals surface area contributed by atoms with E-state index in [1.165, 1.54) is 32.1 Å². The lowest BCUT2D eigenvalue weighted by atomic mass is 9.89. The molecule has 4 heteroatoms. The van der Waals surface area contributed by atoms with Gasteiger partial charge in [-0.1, -0.05) is 25.3 Å². The van der Waals surface area contributed by atoms with Crippen LogP contribution in [0.5, 0.6) is 0 Å². The van der Waals surface area contributed by atoms with Crippen molar-refractivity contribution >= 4 is 6.03 Å². The van der Waals surface area contributed by atoms with Gasteiger partial charge in [0, 0.05) is 19.4 Å². The minimum absolute atomic E-state index is 0.127. The Morgan fingerprint density at radius 1 is 1.17 bits per heavy atom. The number of carbonyl (C=O) groups is 1. The Morgan fingerprint density at radius 3 is 2.72 bits per heavy atom. The van der Waals surface area contributed by atoms with Crippen molar-refractivity contribution in [3.8, 4) is 0 Å². The molecule has 1 aliphatic heterocycles. The molecule has 1 atom stereocenters. The van der Waals surface area contributed by atoms with Crippen LogP contribution in [0.2, 0.25) is 0 Å². The number of carbonyl (C=O) groups excluding carboxylic acids is 1. The summed E-state index contributed by atoms with van der Waals surface area (Å²) in [5.41, 5.74) is 0. The van der Waals surface area contributed by atoms with Gasteiger partial charge in [0.15, 0.2) is 0 Å². The lowest BCUT2D eigenvalue weighted by Crippen LogP contribution is -2.37. The monoisotopic (exact) mass is 252 g/mol. The third kappa shape index (κ3) is 4.69. The van der Waals surface area contributed by atoms with Crippen molar-refractivity contribution in [3.05, 3.63) is 12.3 Å². The fourth-order valence-electron chi connectivity index (χ4n) is 2.65. The van der Waals surface area contributed by atoms with Gasteiger partial charge in [0.2, 0.25) is 0 Å². The molecule has 0 bridgehead atoms. The van der Waals surface area contributed by atoms with Crippen LogP contribution in [-0.2, 0) is 4.74 Å². The number of allylic oxidation sites excluding steroid dienone is 1. The summed E-state index contributed by atoms with van der Waals surface area (Å²) in [6, 6.07) is -0.127. The summed E-state index contributed by atoms with van der Waals surface area (Å²) in [6.07, 6.45) is 12.8. The largest absolute Gasteiger partial charge is 0.376 e. The second kappa shape index (κ2) is 7.41. The molecule has 0 spiro atoms. The smallest absolute Gasteiger partial charge is 0.318 e. The molecule has 0 aromatic carbocycles. The van der Waals surface area contributed by atoms with Gasteiger partial charge in [-0.3, -0.25) is 0 Å². The second-order valence-corrected chi connectivity index (χ2v) is 5.25. The van der Waals surface area contributed by atoms with Gasteiger partial charge in [-0.15, -0.1) is 0 Å². The third-order valence-corrected chi connectivity index (χ3v) is 3.75. The van der Waals surface area contributed by atoms with E-state index >= 15 is 0 Å². The van der Waals surface area contributed by atoms with Crippen LogP contribution in [0, 0.1) is 5.92 Å². The number of nitrogens with one attached hydrogen (secondary N) is 2. The highest BCUT2D eigenvalue weighted by atomic mass is 16.5. The van der Waals surface area contributed by atoms with Gasteiger partial charge in [-0.25, -0.2) is 4.79 Å². The molecule has 4 nitrogen and oxygen atoms in total. The van der Waals surface area contributed by atoms with Crippen molar-refractivity contribution in [2.24, 2.45) is 5.92 Å². The normalized spacial score (nSPS) is 25.4. The lowest BCUT2D eigenvalue weighted by molar-refractivity contribution is 0.111. The van der Waals surface area contributed by atoms with Crippen LogP contribution in [0.4, 0.5) is 4.79 Å². The maximum atomic E-state index is 11.5. The molecule has 1 unspecified atom stereocenters. The zero-order valence-corrected chi connectivity index (χ0v) is 11.0. The van der Waals surface area contributed by atoms with Gasteiger partial charge in [-0.2, -0.15) is 0 Å². The van der Waals surface area contributed by atoms with E-state index in [1.54, 1.807) is 6.20 Å². The maximum absolute atomic E-state index is 11.5. The molecule has 1 saturated carbocycles. The number of ether oxygens (including phenoxy) is 1. The first kappa shape index (κ1) is 13.4. The Balaban J connectivity index is 1.57. The number of rotatable bonds is 4. The van der Waals surface area contributed by atoms with Crippen molar-refractivity contribution in [1.82, 2.24) is 10.6 Å². The standard InChI is InChI=1S/C14H24N2O2/c17-14(16-11-13-7-4-10-18-13)15-9-8-12-5-2-1-3-6-12/h8-9,12-13H,1-7,10-11H2,(H2,15,16,17)/b9-8+. The molecule has 2 rings (SSSR count). The summed E-state index contributed by atoms with van der Waals surface area (Å²) in [6.45, 7) is 1.44. The first-order chi connectivity index (χ1) is 8.84.